The van der Waals surface area contributed by atoms with Crippen LogP contribution >= 0.6 is 0 Å². The molecule has 0 saturated carbocycles. The standard InChI is InChI=1S/C32H33NO5/c1-32(18-17-31(35)36,26-7-11-28(34)12-8-26)27-9-15-30(16-10-27)38-22-25-4-2-3-24(19-25)21-37-29-13-5-23(20-33)6-14-29/h2-16,19,34H,17-18,20-22,33H2,1H3,(H,35,36). The van der Waals surface area contributed by atoms with E-state index in [1.807, 2.05) is 85.8 Å². The van der Waals surface area contributed by atoms with Gasteiger partial charge in [-0.25, -0.2) is 0 Å². The van der Waals surface area contributed by atoms with E-state index in [1.54, 1.807) is 12.1 Å². The summed E-state index contributed by atoms with van der Waals surface area (Å²) < 4.78 is 11.9. The van der Waals surface area contributed by atoms with E-state index in [4.69, 9.17) is 15.2 Å². The Hall–Kier alpha value is -4.29. The summed E-state index contributed by atoms with van der Waals surface area (Å²) >= 11 is 0. The van der Waals surface area contributed by atoms with E-state index in [2.05, 4.69) is 6.07 Å². The normalized spacial score (nSPS) is 12.5. The van der Waals surface area contributed by atoms with Gasteiger partial charge in [0.15, 0.2) is 0 Å². The van der Waals surface area contributed by atoms with Gasteiger partial charge in [0.25, 0.3) is 0 Å². The Balaban J connectivity index is 1.40. The summed E-state index contributed by atoms with van der Waals surface area (Å²) in [6.07, 6.45) is 0.466. The SMILES string of the molecule is CC(CCC(=O)O)(c1ccc(O)cc1)c1ccc(OCc2cccc(COc3ccc(CN)cc3)c2)cc1. The van der Waals surface area contributed by atoms with Gasteiger partial charge in [-0.1, -0.05) is 61.5 Å². The summed E-state index contributed by atoms with van der Waals surface area (Å²) in [5.41, 5.74) is 10.2. The monoisotopic (exact) mass is 511 g/mol. The molecule has 4 aromatic rings. The molecule has 0 aliphatic heterocycles. The van der Waals surface area contributed by atoms with Crippen LogP contribution in [-0.4, -0.2) is 16.2 Å². The molecule has 4 N–H and O–H groups in total. The fraction of sp³-hybridized carbons (Fsp3) is 0.219. The lowest BCUT2D eigenvalue weighted by molar-refractivity contribution is -0.137. The quantitative estimate of drug-likeness (QED) is 0.210. The van der Waals surface area contributed by atoms with Crippen LogP contribution in [0.25, 0.3) is 0 Å². The highest BCUT2D eigenvalue weighted by Gasteiger charge is 2.29. The van der Waals surface area contributed by atoms with E-state index in [1.165, 1.54) is 0 Å². The molecule has 0 aliphatic rings. The molecular weight excluding hydrogens is 478 g/mol. The number of phenolic OH excluding ortho intramolecular Hbond substituents is 1. The maximum Gasteiger partial charge on any atom is 0.303 e. The molecule has 0 saturated heterocycles. The third kappa shape index (κ3) is 6.93. The Morgan fingerprint density at radius 2 is 1.26 bits per heavy atom. The van der Waals surface area contributed by atoms with Crippen LogP contribution in [0.4, 0.5) is 0 Å². The molecule has 0 spiro atoms. The Morgan fingerprint density at radius 3 is 1.76 bits per heavy atom. The van der Waals surface area contributed by atoms with Crippen molar-refractivity contribution in [2.45, 2.75) is 44.9 Å². The van der Waals surface area contributed by atoms with Crippen LogP contribution in [0.3, 0.4) is 0 Å². The van der Waals surface area contributed by atoms with Crippen molar-refractivity contribution < 1.29 is 24.5 Å². The molecule has 0 aliphatic carbocycles. The second-order valence-corrected chi connectivity index (χ2v) is 9.54. The van der Waals surface area contributed by atoms with E-state index in [0.717, 1.165) is 39.3 Å². The molecule has 1 unspecified atom stereocenters. The molecule has 6 nitrogen and oxygen atoms in total. The highest BCUT2D eigenvalue weighted by atomic mass is 16.5. The topological polar surface area (TPSA) is 102 Å². The van der Waals surface area contributed by atoms with Crippen LogP contribution in [0.15, 0.2) is 97.1 Å². The van der Waals surface area contributed by atoms with Crippen molar-refractivity contribution >= 4 is 5.97 Å². The van der Waals surface area contributed by atoms with Crippen molar-refractivity contribution in [3.8, 4) is 17.2 Å². The fourth-order valence-electron chi connectivity index (χ4n) is 4.42. The minimum absolute atomic E-state index is 0.0364. The van der Waals surface area contributed by atoms with Gasteiger partial charge in [0.1, 0.15) is 30.5 Å². The highest BCUT2D eigenvalue weighted by Crippen LogP contribution is 2.38. The van der Waals surface area contributed by atoms with Crippen molar-refractivity contribution in [1.82, 2.24) is 0 Å². The van der Waals surface area contributed by atoms with E-state index in [0.29, 0.717) is 26.2 Å². The molecule has 1 atom stereocenters. The molecular formula is C32H33NO5. The number of hydrogen-bond acceptors (Lipinski definition) is 5. The van der Waals surface area contributed by atoms with Crippen LogP contribution in [-0.2, 0) is 30.0 Å². The minimum Gasteiger partial charge on any atom is -0.508 e. The average Bonchev–Trinajstić information content (AvgIpc) is 2.95. The average molecular weight is 512 g/mol. The summed E-state index contributed by atoms with van der Waals surface area (Å²) in [4.78, 5) is 11.3. The summed E-state index contributed by atoms with van der Waals surface area (Å²) in [5.74, 6) is 0.857. The summed E-state index contributed by atoms with van der Waals surface area (Å²) in [5, 5.41) is 19.0. The number of hydrogen-bond donors (Lipinski definition) is 3. The van der Waals surface area contributed by atoms with Crippen LogP contribution in [0.2, 0.25) is 0 Å². The van der Waals surface area contributed by atoms with Crippen LogP contribution in [0.1, 0.15) is 47.6 Å². The van der Waals surface area contributed by atoms with Gasteiger partial charge in [-0.15, -0.1) is 0 Å². The molecule has 0 aromatic heterocycles. The summed E-state index contributed by atoms with van der Waals surface area (Å²) in [6, 6.07) is 30.6. The number of benzene rings is 4. The number of aliphatic carboxylic acids is 1. The smallest absolute Gasteiger partial charge is 0.303 e. The van der Waals surface area contributed by atoms with Crippen molar-refractivity contribution in [3.05, 3.63) is 125 Å². The van der Waals surface area contributed by atoms with Gasteiger partial charge < -0.3 is 25.4 Å². The largest absolute Gasteiger partial charge is 0.508 e. The highest BCUT2D eigenvalue weighted by molar-refractivity contribution is 5.67. The molecule has 0 heterocycles. The fourth-order valence-corrected chi connectivity index (χ4v) is 4.42. The first kappa shape index (κ1) is 26.8. The first-order valence-corrected chi connectivity index (χ1v) is 12.6. The second kappa shape index (κ2) is 12.3. The van der Waals surface area contributed by atoms with Crippen molar-refractivity contribution in [1.29, 1.82) is 0 Å². The van der Waals surface area contributed by atoms with E-state index < -0.39 is 11.4 Å². The van der Waals surface area contributed by atoms with Gasteiger partial charge in [0.05, 0.1) is 0 Å². The molecule has 0 fully saturated rings. The van der Waals surface area contributed by atoms with Gasteiger partial charge >= 0.3 is 5.97 Å². The van der Waals surface area contributed by atoms with Gasteiger partial charge in [-0.3, -0.25) is 4.79 Å². The van der Waals surface area contributed by atoms with E-state index in [-0.39, 0.29) is 12.2 Å². The third-order valence-electron chi connectivity index (χ3n) is 6.80. The zero-order chi connectivity index (χ0) is 27.0. The number of rotatable bonds is 12. The van der Waals surface area contributed by atoms with Gasteiger partial charge in [-0.2, -0.15) is 0 Å². The Labute approximate surface area is 223 Å². The lowest BCUT2D eigenvalue weighted by Crippen LogP contribution is -2.24. The van der Waals surface area contributed by atoms with Crippen LogP contribution < -0.4 is 15.2 Å². The maximum absolute atomic E-state index is 11.3. The molecule has 0 amide bonds. The van der Waals surface area contributed by atoms with Gasteiger partial charge in [0.2, 0.25) is 0 Å². The third-order valence-corrected chi connectivity index (χ3v) is 6.80. The van der Waals surface area contributed by atoms with Crippen LogP contribution in [0, 0.1) is 0 Å². The number of carboxylic acid groups (broad SMARTS) is 1. The number of carbonyl (C=O) groups is 1. The molecule has 4 rings (SSSR count). The number of nitrogens with two attached hydrogens (primary N) is 1. The lowest BCUT2D eigenvalue weighted by Gasteiger charge is -2.31. The molecule has 196 valence electrons. The zero-order valence-corrected chi connectivity index (χ0v) is 21.5. The Kier molecular flexibility index (Phi) is 8.66. The predicted octanol–water partition coefficient (Wildman–Crippen LogP) is 6.18. The van der Waals surface area contributed by atoms with Gasteiger partial charge in [0, 0.05) is 18.4 Å². The van der Waals surface area contributed by atoms with Crippen molar-refractivity contribution in [2.24, 2.45) is 5.73 Å². The first-order chi connectivity index (χ1) is 18.4. The zero-order valence-electron chi connectivity index (χ0n) is 21.5. The first-order valence-electron chi connectivity index (χ1n) is 12.6. The number of aromatic hydroxyl groups is 1. The number of carboxylic acids is 1. The van der Waals surface area contributed by atoms with Crippen molar-refractivity contribution in [2.75, 3.05) is 0 Å². The Morgan fingerprint density at radius 1 is 0.763 bits per heavy atom. The minimum atomic E-state index is -0.841. The second-order valence-electron chi connectivity index (χ2n) is 9.54. The number of ether oxygens (including phenoxy) is 2. The molecule has 0 bridgehead atoms. The Bertz CT molecular complexity index is 1330. The lowest BCUT2D eigenvalue weighted by atomic mass is 9.73. The molecule has 6 heteroatoms. The van der Waals surface area contributed by atoms with E-state index in [9.17, 15) is 15.0 Å². The summed E-state index contributed by atoms with van der Waals surface area (Å²) in [6.45, 7) is 3.40. The summed E-state index contributed by atoms with van der Waals surface area (Å²) in [7, 11) is 0. The van der Waals surface area contributed by atoms with Gasteiger partial charge in [-0.05, 0) is 76.7 Å². The predicted molar refractivity (Wildman–Crippen MR) is 147 cm³/mol. The van der Waals surface area contributed by atoms with Crippen molar-refractivity contribution in [3.63, 3.8) is 0 Å². The maximum atomic E-state index is 11.3. The molecule has 4 aromatic carbocycles. The molecule has 0 radical (unpaired) electrons. The van der Waals surface area contributed by atoms with E-state index >= 15 is 0 Å². The molecule has 38 heavy (non-hydrogen) atoms. The van der Waals surface area contributed by atoms with Crippen LogP contribution in [0.5, 0.6) is 17.2 Å². The number of phenols is 1.